The first-order valence-electron chi connectivity index (χ1n) is 13.1. The minimum absolute atomic E-state index is 0.0183. The Morgan fingerprint density at radius 1 is 1.16 bits per heavy atom. The number of aromatic nitrogens is 2. The first-order valence-corrected chi connectivity index (χ1v) is 13.8. The van der Waals surface area contributed by atoms with Crippen LogP contribution in [0, 0.1) is 5.41 Å². The van der Waals surface area contributed by atoms with Gasteiger partial charge in [0.05, 0.1) is 20.9 Å². The number of nitrogens with zero attached hydrogens (tertiary/aromatic N) is 3. The number of hydrogen-bond donors (Lipinski definition) is 1. The number of piperidine rings is 1. The molecule has 38 heavy (non-hydrogen) atoms. The molecule has 0 bridgehead atoms. The second kappa shape index (κ2) is 12.1. The van der Waals surface area contributed by atoms with Crippen LogP contribution in [0.4, 0.5) is 4.79 Å². The molecule has 2 unspecified atom stereocenters. The molecule has 1 aliphatic heterocycles. The van der Waals surface area contributed by atoms with Crippen molar-refractivity contribution in [1.82, 2.24) is 19.8 Å². The molecule has 3 aromatic rings. The van der Waals surface area contributed by atoms with Crippen molar-refractivity contribution in [2.24, 2.45) is 5.41 Å². The zero-order valence-corrected chi connectivity index (χ0v) is 24.0. The molecule has 1 amide bonds. The molecule has 1 saturated heterocycles. The Morgan fingerprint density at radius 3 is 2.58 bits per heavy atom. The summed E-state index contributed by atoms with van der Waals surface area (Å²) in [5, 5.41) is 4.08. The van der Waals surface area contributed by atoms with Gasteiger partial charge in [-0.25, -0.2) is 9.78 Å². The van der Waals surface area contributed by atoms with E-state index in [0.29, 0.717) is 40.5 Å². The number of halogens is 2. The molecular formula is C29H36Cl2N4O3. The fourth-order valence-electron chi connectivity index (χ4n) is 5.19. The van der Waals surface area contributed by atoms with Gasteiger partial charge in [0.15, 0.2) is 0 Å². The molecule has 9 heteroatoms. The monoisotopic (exact) mass is 558 g/mol. The van der Waals surface area contributed by atoms with Gasteiger partial charge in [-0.1, -0.05) is 74.3 Å². The summed E-state index contributed by atoms with van der Waals surface area (Å²) in [6.07, 6.45) is 2.15. The molecule has 0 aliphatic carbocycles. The second-order valence-electron chi connectivity index (χ2n) is 11.3. The van der Waals surface area contributed by atoms with Crippen molar-refractivity contribution in [3.63, 3.8) is 0 Å². The molecule has 1 N–H and O–H groups in total. The summed E-state index contributed by atoms with van der Waals surface area (Å²) in [6, 6.07) is 13.0. The minimum Gasteiger partial charge on any atom is -0.445 e. The summed E-state index contributed by atoms with van der Waals surface area (Å²) in [4.78, 5) is 33.4. The lowest BCUT2D eigenvalue weighted by Gasteiger charge is -2.40. The van der Waals surface area contributed by atoms with Gasteiger partial charge >= 0.3 is 6.09 Å². The number of ether oxygens (including phenoxy) is 1. The van der Waals surface area contributed by atoms with Crippen LogP contribution < -0.4 is 10.9 Å². The Kier molecular flexibility index (Phi) is 9.01. The lowest BCUT2D eigenvalue weighted by atomic mass is 9.85. The van der Waals surface area contributed by atoms with Crippen molar-refractivity contribution in [1.29, 1.82) is 0 Å². The van der Waals surface area contributed by atoms with E-state index in [1.54, 1.807) is 12.1 Å². The quantitative estimate of drug-likeness (QED) is 0.371. The number of carbonyl (C=O) groups is 1. The van der Waals surface area contributed by atoms with Crippen LogP contribution in [-0.4, -0.2) is 46.7 Å². The lowest BCUT2D eigenvalue weighted by Crippen LogP contribution is -2.46. The Hall–Kier alpha value is -2.61. The zero-order valence-electron chi connectivity index (χ0n) is 22.5. The number of carbonyl (C=O) groups excluding carboxylic acids is 1. The van der Waals surface area contributed by atoms with Gasteiger partial charge in [-0.05, 0) is 56.0 Å². The predicted molar refractivity (Wildman–Crippen MR) is 153 cm³/mol. The average Bonchev–Trinajstić information content (AvgIpc) is 2.86. The Balaban J connectivity index is 1.57. The summed E-state index contributed by atoms with van der Waals surface area (Å²) < 4.78 is 7.19. The summed E-state index contributed by atoms with van der Waals surface area (Å²) in [5.41, 5.74) is 1.26. The van der Waals surface area contributed by atoms with Crippen molar-refractivity contribution in [2.45, 2.75) is 65.1 Å². The SMILES string of the molecule is CN1CCCC(c2nc3cc(Cl)c(Cl)cc3c(=O)n2CC(C)(C)C)C1CCNC(=O)OCc1ccccc1. The zero-order chi connectivity index (χ0) is 27.4. The van der Waals surface area contributed by atoms with E-state index in [4.69, 9.17) is 32.9 Å². The maximum Gasteiger partial charge on any atom is 0.407 e. The normalized spacial score (nSPS) is 18.5. The van der Waals surface area contributed by atoms with Crippen LogP contribution in [-0.2, 0) is 17.9 Å². The van der Waals surface area contributed by atoms with Gasteiger partial charge < -0.3 is 15.0 Å². The molecule has 2 aromatic carbocycles. The average molecular weight is 560 g/mol. The highest BCUT2D eigenvalue weighted by atomic mass is 35.5. The maximum atomic E-state index is 13.7. The Bertz CT molecular complexity index is 1340. The van der Waals surface area contributed by atoms with Gasteiger partial charge in [0, 0.05) is 25.0 Å². The molecule has 1 aromatic heterocycles. The number of benzene rings is 2. The number of fused-ring (bicyclic) bond motifs is 1. The number of alkyl carbamates (subject to hydrolysis) is 1. The number of likely N-dealkylation sites (N-methyl/N-ethyl adjacent to an activating group) is 1. The van der Waals surface area contributed by atoms with E-state index < -0.39 is 6.09 Å². The third-order valence-corrected chi connectivity index (χ3v) is 7.69. The van der Waals surface area contributed by atoms with Crippen molar-refractivity contribution in [3.05, 3.63) is 74.3 Å². The predicted octanol–water partition coefficient (Wildman–Crippen LogP) is 6.24. The van der Waals surface area contributed by atoms with Gasteiger partial charge in [0.25, 0.3) is 5.56 Å². The van der Waals surface area contributed by atoms with Crippen molar-refractivity contribution < 1.29 is 9.53 Å². The first-order chi connectivity index (χ1) is 18.0. The van der Waals surface area contributed by atoms with E-state index in [0.717, 1.165) is 30.8 Å². The number of nitrogens with one attached hydrogen (secondary N) is 1. The summed E-state index contributed by atoms with van der Waals surface area (Å²) in [6.45, 7) is 8.48. The third-order valence-electron chi connectivity index (χ3n) is 6.97. The number of rotatable bonds is 7. The molecule has 0 radical (unpaired) electrons. The minimum atomic E-state index is -0.441. The van der Waals surface area contributed by atoms with E-state index in [9.17, 15) is 9.59 Å². The molecule has 2 atom stereocenters. The van der Waals surface area contributed by atoms with E-state index in [-0.39, 0.29) is 29.5 Å². The van der Waals surface area contributed by atoms with Gasteiger partial charge in [0.1, 0.15) is 12.4 Å². The number of amides is 1. The number of likely N-dealkylation sites (tertiary alicyclic amines) is 1. The van der Waals surface area contributed by atoms with E-state index in [1.807, 2.05) is 34.9 Å². The molecule has 0 spiro atoms. The first kappa shape index (κ1) is 28.4. The Labute approximate surface area is 234 Å². The van der Waals surface area contributed by atoms with E-state index in [1.165, 1.54) is 0 Å². The van der Waals surface area contributed by atoms with Crippen molar-refractivity contribution >= 4 is 40.2 Å². The summed E-state index contributed by atoms with van der Waals surface area (Å²) in [7, 11) is 2.09. The largest absolute Gasteiger partial charge is 0.445 e. The second-order valence-corrected chi connectivity index (χ2v) is 12.1. The summed E-state index contributed by atoms with van der Waals surface area (Å²) in [5.74, 6) is 0.781. The van der Waals surface area contributed by atoms with Crippen molar-refractivity contribution in [2.75, 3.05) is 20.1 Å². The highest BCUT2D eigenvalue weighted by molar-refractivity contribution is 6.42. The highest BCUT2D eigenvalue weighted by Gasteiger charge is 2.34. The molecule has 7 nitrogen and oxygen atoms in total. The molecule has 0 saturated carbocycles. The molecule has 2 heterocycles. The van der Waals surface area contributed by atoms with Crippen LogP contribution in [0.15, 0.2) is 47.3 Å². The molecular weight excluding hydrogens is 523 g/mol. The van der Waals surface area contributed by atoms with Crippen LogP contribution >= 0.6 is 23.2 Å². The fourth-order valence-corrected chi connectivity index (χ4v) is 5.51. The fraction of sp³-hybridized carbons (Fsp3) is 0.483. The third kappa shape index (κ3) is 6.87. The lowest BCUT2D eigenvalue weighted by molar-refractivity contribution is 0.128. The van der Waals surface area contributed by atoms with Crippen molar-refractivity contribution in [3.8, 4) is 0 Å². The number of hydrogen-bond acceptors (Lipinski definition) is 5. The molecule has 204 valence electrons. The topological polar surface area (TPSA) is 76.5 Å². The van der Waals surface area contributed by atoms with Gasteiger partial charge in [-0.2, -0.15) is 0 Å². The van der Waals surface area contributed by atoms with Crippen LogP contribution in [0.25, 0.3) is 10.9 Å². The molecule has 4 rings (SSSR count). The van der Waals surface area contributed by atoms with Gasteiger partial charge in [-0.15, -0.1) is 0 Å². The van der Waals surface area contributed by atoms with Gasteiger partial charge in [0.2, 0.25) is 0 Å². The smallest absolute Gasteiger partial charge is 0.407 e. The highest BCUT2D eigenvalue weighted by Crippen LogP contribution is 2.35. The maximum absolute atomic E-state index is 13.7. The standard InChI is InChI=1S/C29H36Cl2N4O3/c1-29(2,3)18-35-26(33-24-16-23(31)22(30)15-21(24)27(35)36)20-11-8-14-34(4)25(20)12-13-32-28(37)38-17-19-9-6-5-7-10-19/h5-7,9-10,15-16,20,25H,8,11-14,17-18H2,1-4H3,(H,32,37). The van der Waals surface area contributed by atoms with Crippen LogP contribution in [0.5, 0.6) is 0 Å². The van der Waals surface area contributed by atoms with E-state index in [2.05, 4.69) is 38.0 Å². The van der Waals surface area contributed by atoms with E-state index >= 15 is 0 Å². The van der Waals surface area contributed by atoms with Gasteiger partial charge in [-0.3, -0.25) is 9.36 Å². The van der Waals surface area contributed by atoms with Crippen LogP contribution in [0.3, 0.4) is 0 Å². The van der Waals surface area contributed by atoms with Crippen LogP contribution in [0.2, 0.25) is 10.0 Å². The van der Waals surface area contributed by atoms with Crippen LogP contribution in [0.1, 0.15) is 57.3 Å². The molecule has 1 fully saturated rings. The summed E-state index contributed by atoms with van der Waals surface area (Å²) >= 11 is 12.6. The molecule has 1 aliphatic rings. The Morgan fingerprint density at radius 2 is 1.87 bits per heavy atom.